The lowest BCUT2D eigenvalue weighted by Gasteiger charge is -2.30. The summed E-state index contributed by atoms with van der Waals surface area (Å²) in [5, 5.41) is 0. The summed E-state index contributed by atoms with van der Waals surface area (Å²) in [6, 6.07) is 10.0. The van der Waals surface area contributed by atoms with E-state index in [0.717, 1.165) is 33.8 Å². The lowest BCUT2D eigenvalue weighted by Crippen LogP contribution is -2.42. The maximum atomic E-state index is 12.2. The number of ether oxygens (including phenoxy) is 1. The van der Waals surface area contributed by atoms with Crippen LogP contribution in [0.5, 0.6) is 5.75 Å². The fraction of sp³-hybridized carbons (Fsp3) is 0.429. The smallest absolute Gasteiger partial charge is 0.229 e. The van der Waals surface area contributed by atoms with Crippen LogP contribution in [0.2, 0.25) is 0 Å². The third-order valence-electron chi connectivity index (χ3n) is 5.22. The molecular formula is C21H28N2O2. The van der Waals surface area contributed by atoms with Gasteiger partial charge in [0.15, 0.2) is 0 Å². The van der Waals surface area contributed by atoms with Gasteiger partial charge in [0.05, 0.1) is 16.8 Å². The minimum absolute atomic E-state index is 0.315. The van der Waals surface area contributed by atoms with Gasteiger partial charge in [-0.3, -0.25) is 9.78 Å². The van der Waals surface area contributed by atoms with E-state index in [1.807, 2.05) is 65.0 Å². The molecule has 0 atom stereocenters. The van der Waals surface area contributed by atoms with Crippen molar-refractivity contribution in [3.05, 3.63) is 58.4 Å². The Kier molecular flexibility index (Phi) is 5.83. The van der Waals surface area contributed by atoms with Gasteiger partial charge in [0.2, 0.25) is 5.91 Å². The topological polar surface area (TPSA) is 65.2 Å². The summed E-state index contributed by atoms with van der Waals surface area (Å²) in [7, 11) is 0. The molecule has 2 N–H and O–H groups in total. The Morgan fingerprint density at radius 2 is 1.68 bits per heavy atom. The highest BCUT2D eigenvalue weighted by Gasteiger charge is 2.38. The number of benzene rings is 1. The molecule has 0 bridgehead atoms. The normalized spacial score (nSPS) is 11.4. The first-order chi connectivity index (χ1) is 11.9. The number of nitrogens with two attached hydrogens (primary N) is 1. The van der Waals surface area contributed by atoms with Gasteiger partial charge in [-0.2, -0.15) is 0 Å². The van der Waals surface area contributed by atoms with Gasteiger partial charge in [-0.05, 0) is 50.3 Å². The number of hydrogen-bond donors (Lipinski definition) is 1. The molecule has 4 nitrogen and oxygen atoms in total. The molecule has 0 radical (unpaired) electrons. The molecule has 0 aliphatic heterocycles. The summed E-state index contributed by atoms with van der Waals surface area (Å²) < 4.78 is 6.05. The van der Waals surface area contributed by atoms with Crippen molar-refractivity contribution in [2.24, 2.45) is 5.73 Å². The largest absolute Gasteiger partial charge is 0.487 e. The van der Waals surface area contributed by atoms with E-state index in [0.29, 0.717) is 19.4 Å². The number of hydrogen-bond acceptors (Lipinski definition) is 3. The minimum Gasteiger partial charge on any atom is -0.487 e. The van der Waals surface area contributed by atoms with Gasteiger partial charge in [-0.25, -0.2) is 0 Å². The van der Waals surface area contributed by atoms with Gasteiger partial charge >= 0.3 is 0 Å². The summed E-state index contributed by atoms with van der Waals surface area (Å²) in [6.07, 6.45) is 1.27. The Labute approximate surface area is 150 Å². The standard InChI is InChI=1S/C21H28N2O2/c1-6-21(7-2,20(22)24)19-15(4)14(3)18(16(5)23-19)25-13-17-11-9-8-10-12-17/h8-12H,6-7,13H2,1-5H3,(H2,22,24). The van der Waals surface area contributed by atoms with Crippen molar-refractivity contribution in [2.75, 3.05) is 0 Å². The SMILES string of the molecule is CCC(CC)(C(N)=O)c1nc(C)c(OCc2ccccc2)c(C)c1C. The van der Waals surface area contributed by atoms with Gasteiger partial charge in [0.25, 0.3) is 0 Å². The van der Waals surface area contributed by atoms with Crippen molar-refractivity contribution in [3.63, 3.8) is 0 Å². The Bertz CT molecular complexity index is 750. The number of nitrogens with zero attached hydrogens (tertiary/aromatic N) is 1. The van der Waals surface area contributed by atoms with Crippen LogP contribution in [0.4, 0.5) is 0 Å². The maximum absolute atomic E-state index is 12.2. The number of aryl methyl sites for hydroxylation is 1. The Hall–Kier alpha value is -2.36. The predicted molar refractivity (Wildman–Crippen MR) is 101 cm³/mol. The molecule has 1 aromatic heterocycles. The van der Waals surface area contributed by atoms with Crippen molar-refractivity contribution in [1.29, 1.82) is 0 Å². The van der Waals surface area contributed by atoms with Crippen LogP contribution in [0.15, 0.2) is 30.3 Å². The molecule has 0 saturated heterocycles. The molecule has 0 unspecified atom stereocenters. The highest BCUT2D eigenvalue weighted by atomic mass is 16.5. The summed E-state index contributed by atoms with van der Waals surface area (Å²) in [5.74, 6) is 0.473. The van der Waals surface area contributed by atoms with Crippen LogP contribution in [-0.2, 0) is 16.8 Å². The third-order valence-corrected chi connectivity index (χ3v) is 5.22. The molecule has 4 heteroatoms. The van der Waals surface area contributed by atoms with Gasteiger partial charge in [-0.15, -0.1) is 0 Å². The van der Waals surface area contributed by atoms with E-state index in [1.54, 1.807) is 0 Å². The molecular weight excluding hydrogens is 312 g/mol. The molecule has 1 amide bonds. The van der Waals surface area contributed by atoms with Crippen LogP contribution in [-0.4, -0.2) is 10.9 Å². The third kappa shape index (κ3) is 3.53. The molecule has 25 heavy (non-hydrogen) atoms. The first-order valence-corrected chi connectivity index (χ1v) is 8.82. The molecule has 0 saturated carbocycles. The first kappa shape index (κ1) is 19.0. The fourth-order valence-electron chi connectivity index (χ4n) is 3.38. The molecule has 0 aliphatic carbocycles. The van der Waals surface area contributed by atoms with Crippen molar-refractivity contribution in [3.8, 4) is 5.75 Å². The summed E-state index contributed by atoms with van der Waals surface area (Å²) in [5.41, 5.74) is 9.72. The van der Waals surface area contributed by atoms with E-state index in [9.17, 15) is 4.79 Å². The number of pyridine rings is 1. The van der Waals surface area contributed by atoms with E-state index in [-0.39, 0.29) is 5.91 Å². The van der Waals surface area contributed by atoms with E-state index in [1.165, 1.54) is 0 Å². The summed E-state index contributed by atoms with van der Waals surface area (Å²) >= 11 is 0. The number of amides is 1. The summed E-state index contributed by atoms with van der Waals surface area (Å²) in [4.78, 5) is 17.0. The van der Waals surface area contributed by atoms with Crippen LogP contribution >= 0.6 is 0 Å². The second-order valence-corrected chi connectivity index (χ2v) is 6.55. The van der Waals surface area contributed by atoms with E-state index in [2.05, 4.69) is 0 Å². The zero-order valence-corrected chi connectivity index (χ0v) is 15.8. The van der Waals surface area contributed by atoms with E-state index < -0.39 is 5.41 Å². The monoisotopic (exact) mass is 340 g/mol. The molecule has 0 fully saturated rings. The lowest BCUT2D eigenvalue weighted by molar-refractivity contribution is -0.124. The molecule has 1 aromatic carbocycles. The molecule has 1 heterocycles. The maximum Gasteiger partial charge on any atom is 0.229 e. The quantitative estimate of drug-likeness (QED) is 0.824. The van der Waals surface area contributed by atoms with Crippen molar-refractivity contribution in [1.82, 2.24) is 4.98 Å². The minimum atomic E-state index is -0.725. The number of carbonyl (C=O) groups is 1. The molecule has 0 spiro atoms. The molecule has 0 aliphatic rings. The van der Waals surface area contributed by atoms with Crippen molar-refractivity contribution >= 4 is 5.91 Å². The second-order valence-electron chi connectivity index (χ2n) is 6.55. The van der Waals surface area contributed by atoms with Crippen LogP contribution < -0.4 is 10.5 Å². The van der Waals surface area contributed by atoms with Gasteiger partial charge in [0.1, 0.15) is 12.4 Å². The van der Waals surface area contributed by atoms with E-state index >= 15 is 0 Å². The number of aromatic nitrogens is 1. The van der Waals surface area contributed by atoms with Gasteiger partial charge in [-0.1, -0.05) is 44.2 Å². The second kappa shape index (κ2) is 7.68. The van der Waals surface area contributed by atoms with Crippen LogP contribution in [0.1, 0.15) is 54.8 Å². The fourth-order valence-corrected chi connectivity index (χ4v) is 3.38. The number of primary amides is 1. The number of rotatable bonds is 7. The Morgan fingerprint density at radius 1 is 1.08 bits per heavy atom. The lowest BCUT2D eigenvalue weighted by atomic mass is 9.75. The van der Waals surface area contributed by atoms with Crippen molar-refractivity contribution in [2.45, 2.75) is 59.5 Å². The number of carbonyl (C=O) groups excluding carboxylic acids is 1. The van der Waals surface area contributed by atoms with E-state index in [4.69, 9.17) is 15.5 Å². The highest BCUT2D eigenvalue weighted by Crippen LogP contribution is 2.37. The van der Waals surface area contributed by atoms with Crippen LogP contribution in [0.25, 0.3) is 0 Å². The highest BCUT2D eigenvalue weighted by molar-refractivity contribution is 5.86. The van der Waals surface area contributed by atoms with Crippen molar-refractivity contribution < 1.29 is 9.53 Å². The zero-order chi connectivity index (χ0) is 18.6. The molecule has 134 valence electrons. The predicted octanol–water partition coefficient (Wildman–Crippen LogP) is 4.13. The zero-order valence-electron chi connectivity index (χ0n) is 15.8. The molecule has 2 aromatic rings. The Balaban J connectivity index is 2.44. The average Bonchev–Trinajstić information content (AvgIpc) is 2.61. The average molecular weight is 340 g/mol. The van der Waals surface area contributed by atoms with Crippen LogP contribution in [0, 0.1) is 20.8 Å². The Morgan fingerprint density at radius 3 is 2.20 bits per heavy atom. The first-order valence-electron chi connectivity index (χ1n) is 8.82. The molecule has 2 rings (SSSR count). The van der Waals surface area contributed by atoms with Crippen LogP contribution in [0.3, 0.4) is 0 Å². The summed E-state index contributed by atoms with van der Waals surface area (Å²) in [6.45, 7) is 10.4. The van der Waals surface area contributed by atoms with Gasteiger partial charge < -0.3 is 10.5 Å². The van der Waals surface area contributed by atoms with Gasteiger partial charge in [0, 0.05) is 0 Å².